The molecule has 5 heteroatoms. The van der Waals surface area contributed by atoms with Crippen LogP contribution in [0.3, 0.4) is 0 Å². The minimum atomic E-state index is 0.855. The van der Waals surface area contributed by atoms with E-state index in [-0.39, 0.29) is 0 Å². The van der Waals surface area contributed by atoms with Crippen LogP contribution in [0.15, 0.2) is 211 Å². The zero-order valence-electron chi connectivity index (χ0n) is 32.8. The highest BCUT2D eigenvalue weighted by molar-refractivity contribution is 6.20. The van der Waals surface area contributed by atoms with Crippen LogP contribution in [0.5, 0.6) is 0 Å². The Morgan fingerprint density at radius 1 is 0.246 bits per heavy atom. The third-order valence-electron chi connectivity index (χ3n) is 12.9. The van der Waals surface area contributed by atoms with E-state index in [0.29, 0.717) is 0 Å². The molecule has 14 aromatic rings. The van der Waals surface area contributed by atoms with Gasteiger partial charge in [0.05, 0.1) is 49.7 Å². The fourth-order valence-corrected chi connectivity index (χ4v) is 10.4. The van der Waals surface area contributed by atoms with Gasteiger partial charge in [-0.2, -0.15) is 0 Å². The number of benzene rings is 9. The van der Waals surface area contributed by atoms with Gasteiger partial charge < -0.3 is 18.1 Å². The second kappa shape index (κ2) is 12.1. The zero-order valence-corrected chi connectivity index (χ0v) is 32.8. The monoisotopic (exact) mass is 778 g/mol. The molecule has 9 aromatic carbocycles. The molecule has 14 rings (SSSR count). The van der Waals surface area contributed by atoms with E-state index in [4.69, 9.17) is 4.42 Å². The van der Waals surface area contributed by atoms with Crippen molar-refractivity contribution in [3.63, 3.8) is 0 Å². The minimum absolute atomic E-state index is 0.855. The highest BCUT2D eigenvalue weighted by Crippen LogP contribution is 2.42. The topological polar surface area (TPSA) is 32.9 Å². The lowest BCUT2D eigenvalue weighted by Gasteiger charge is -2.13. The number of aromatic nitrogens is 4. The van der Waals surface area contributed by atoms with E-state index in [1.54, 1.807) is 0 Å². The Bertz CT molecular complexity index is 3850. The second-order valence-corrected chi connectivity index (χ2v) is 16.1. The molecule has 0 aliphatic rings. The van der Waals surface area contributed by atoms with Crippen molar-refractivity contribution in [3.8, 4) is 22.7 Å². The van der Waals surface area contributed by atoms with Crippen molar-refractivity contribution in [3.05, 3.63) is 206 Å². The van der Waals surface area contributed by atoms with Crippen LogP contribution in [-0.4, -0.2) is 18.3 Å². The van der Waals surface area contributed by atoms with Crippen molar-refractivity contribution < 1.29 is 4.42 Å². The van der Waals surface area contributed by atoms with Gasteiger partial charge in [0.2, 0.25) is 5.71 Å². The van der Waals surface area contributed by atoms with Gasteiger partial charge in [-0.3, -0.25) is 4.57 Å². The Labute approximate surface area is 348 Å². The summed E-state index contributed by atoms with van der Waals surface area (Å²) in [7, 11) is 0. The van der Waals surface area contributed by atoms with Crippen molar-refractivity contribution in [1.82, 2.24) is 18.3 Å². The molecule has 0 saturated carbocycles. The number of furan rings is 1. The number of hydrogen-bond donors (Lipinski definition) is 0. The van der Waals surface area contributed by atoms with Gasteiger partial charge in [0.15, 0.2) is 0 Å². The van der Waals surface area contributed by atoms with Crippen LogP contribution in [0.25, 0.3) is 121 Å². The first-order valence-corrected chi connectivity index (χ1v) is 20.9. The van der Waals surface area contributed by atoms with E-state index in [1.807, 2.05) is 6.07 Å². The predicted molar refractivity (Wildman–Crippen MR) is 254 cm³/mol. The number of rotatable bonds is 4. The van der Waals surface area contributed by atoms with Crippen LogP contribution in [0.4, 0.5) is 0 Å². The van der Waals surface area contributed by atoms with Crippen molar-refractivity contribution >= 4 is 98.4 Å². The molecule has 0 N–H and O–H groups in total. The summed E-state index contributed by atoms with van der Waals surface area (Å²) in [6.07, 6.45) is 0. The summed E-state index contributed by atoms with van der Waals surface area (Å²) in [5, 5.41) is 10.8. The van der Waals surface area contributed by atoms with Gasteiger partial charge in [0, 0.05) is 60.2 Å². The van der Waals surface area contributed by atoms with Crippen molar-refractivity contribution in [2.24, 2.45) is 0 Å². The lowest BCUT2D eigenvalue weighted by Crippen LogP contribution is -1.99. The molecule has 0 aliphatic heterocycles. The lowest BCUT2D eigenvalue weighted by molar-refractivity contribution is 0.645. The summed E-state index contributed by atoms with van der Waals surface area (Å²) >= 11 is 0. The summed E-state index contributed by atoms with van der Waals surface area (Å²) in [5.41, 5.74) is 14.3. The van der Waals surface area contributed by atoms with E-state index in [9.17, 15) is 0 Å². The van der Waals surface area contributed by atoms with Crippen molar-refractivity contribution in [2.75, 3.05) is 0 Å². The summed E-state index contributed by atoms with van der Waals surface area (Å²) in [4.78, 5) is 0. The van der Waals surface area contributed by atoms with Crippen molar-refractivity contribution in [1.29, 1.82) is 0 Å². The van der Waals surface area contributed by atoms with Crippen LogP contribution in [0.2, 0.25) is 0 Å². The Balaban J connectivity index is 1.05. The molecule has 0 amide bonds. The first kappa shape index (κ1) is 32.7. The molecule has 0 fully saturated rings. The normalized spacial score (nSPS) is 12.3. The molecule has 0 unspecified atom stereocenters. The maximum atomic E-state index is 6.66. The molecule has 0 bridgehead atoms. The molecule has 0 atom stereocenters. The molecule has 5 heterocycles. The van der Waals surface area contributed by atoms with Gasteiger partial charge in [-0.1, -0.05) is 115 Å². The fourth-order valence-electron chi connectivity index (χ4n) is 10.4. The third kappa shape index (κ3) is 4.44. The molecule has 0 spiro atoms. The molecular weight excluding hydrogens is 745 g/mol. The van der Waals surface area contributed by atoms with Gasteiger partial charge in [0.25, 0.3) is 0 Å². The fraction of sp³-hybridized carbons (Fsp3) is 0. The molecule has 5 aromatic heterocycles. The summed E-state index contributed by atoms with van der Waals surface area (Å²) in [6, 6.07) is 74.8. The number of hydrogen-bond acceptors (Lipinski definition) is 1. The maximum Gasteiger partial charge on any atom is 0.213 e. The predicted octanol–water partition coefficient (Wildman–Crippen LogP) is 14.8. The average Bonchev–Trinajstić information content (AvgIpc) is 4.11. The molecule has 61 heavy (non-hydrogen) atoms. The second-order valence-electron chi connectivity index (χ2n) is 16.1. The van der Waals surface area contributed by atoms with E-state index in [2.05, 4.69) is 218 Å². The smallest absolute Gasteiger partial charge is 0.213 e. The zero-order chi connectivity index (χ0) is 39.8. The van der Waals surface area contributed by atoms with Gasteiger partial charge in [-0.15, -0.1) is 0 Å². The quantitative estimate of drug-likeness (QED) is 0.175. The van der Waals surface area contributed by atoms with E-state index in [0.717, 1.165) is 61.4 Å². The number of fused-ring (bicyclic) bond motifs is 14. The minimum Gasteiger partial charge on any atom is -0.439 e. The highest BCUT2D eigenvalue weighted by atomic mass is 16.3. The third-order valence-corrected chi connectivity index (χ3v) is 12.9. The summed E-state index contributed by atoms with van der Waals surface area (Å²) in [5.74, 6) is 0. The molecule has 0 radical (unpaired) electrons. The standard InChI is InChI=1S/C56H34N4O/c1-7-22-47-39(16-1)40-17-2-8-23-48(40)58(47)37-28-30-52-45(33-37)46-34-38(59-49-24-9-3-18-41(49)42-19-4-10-25-50(42)59)29-31-53(46)57(52)35-14-13-15-36(32-35)60-51-26-11-5-20-43(51)55-44-21-6-12-27-54(44)61-56(55)60/h1-34H. The van der Waals surface area contributed by atoms with Crippen molar-refractivity contribution in [2.45, 2.75) is 0 Å². The highest BCUT2D eigenvalue weighted by Gasteiger charge is 2.22. The first-order valence-electron chi connectivity index (χ1n) is 20.9. The van der Waals surface area contributed by atoms with Crippen LogP contribution >= 0.6 is 0 Å². The van der Waals surface area contributed by atoms with Crippen LogP contribution in [0.1, 0.15) is 0 Å². The van der Waals surface area contributed by atoms with Gasteiger partial charge in [-0.05, 0) is 91.0 Å². The Kier molecular flexibility index (Phi) is 6.49. The Morgan fingerprint density at radius 2 is 0.607 bits per heavy atom. The van der Waals surface area contributed by atoms with Gasteiger partial charge >= 0.3 is 0 Å². The molecule has 5 nitrogen and oxygen atoms in total. The van der Waals surface area contributed by atoms with Crippen LogP contribution in [-0.2, 0) is 0 Å². The summed E-state index contributed by atoms with van der Waals surface area (Å²) in [6.45, 7) is 0. The molecule has 284 valence electrons. The average molecular weight is 779 g/mol. The lowest BCUT2D eigenvalue weighted by atomic mass is 10.1. The van der Waals surface area contributed by atoms with E-state index in [1.165, 1.54) is 59.8 Å². The Hall–Kier alpha value is -8.28. The number of para-hydroxylation sites is 6. The molecule has 0 saturated heterocycles. The van der Waals surface area contributed by atoms with Crippen LogP contribution < -0.4 is 0 Å². The first-order chi connectivity index (χ1) is 30.3. The number of nitrogens with zero attached hydrogens (tertiary/aromatic N) is 4. The largest absolute Gasteiger partial charge is 0.439 e. The summed E-state index contributed by atoms with van der Waals surface area (Å²) < 4.78 is 16.2. The Morgan fingerprint density at radius 3 is 1.10 bits per heavy atom. The maximum absolute atomic E-state index is 6.66. The van der Waals surface area contributed by atoms with E-state index >= 15 is 0 Å². The molecular formula is C56H34N4O. The van der Waals surface area contributed by atoms with Gasteiger partial charge in [0.1, 0.15) is 5.58 Å². The SMILES string of the molecule is c1cc(-n2c3ccc(-n4c5ccccc5c5ccccc54)cc3c3cc(-n4c5ccccc5c5ccccc54)ccc32)cc(-n2c3ccccc3c3c4ccccc4oc32)c1. The van der Waals surface area contributed by atoms with Crippen LogP contribution in [0, 0.1) is 0 Å². The molecule has 0 aliphatic carbocycles. The van der Waals surface area contributed by atoms with Gasteiger partial charge in [-0.25, -0.2) is 0 Å². The van der Waals surface area contributed by atoms with E-state index < -0.39 is 0 Å².